The summed E-state index contributed by atoms with van der Waals surface area (Å²) in [4.78, 5) is 8.11. The summed E-state index contributed by atoms with van der Waals surface area (Å²) in [6, 6.07) is 10.6. The highest BCUT2D eigenvalue weighted by Crippen LogP contribution is 2.32. The quantitative estimate of drug-likeness (QED) is 0.738. The van der Waals surface area contributed by atoms with Crippen molar-refractivity contribution in [1.82, 2.24) is 9.97 Å². The Morgan fingerprint density at radius 2 is 1.91 bits per heavy atom. The minimum absolute atomic E-state index is 0.452. The average Bonchev–Trinajstić information content (AvgIpc) is 3.20. The highest BCUT2D eigenvalue weighted by molar-refractivity contribution is 5.34. The van der Waals surface area contributed by atoms with Gasteiger partial charge >= 0.3 is 0 Å². The van der Waals surface area contributed by atoms with Crippen molar-refractivity contribution < 1.29 is 0 Å². The zero-order chi connectivity index (χ0) is 16.7. The molecule has 5 nitrogen and oxygen atoms in total. The molecule has 0 bridgehead atoms. The first-order valence-corrected chi connectivity index (χ1v) is 8.16. The van der Waals surface area contributed by atoms with Gasteiger partial charge in [-0.05, 0) is 45.1 Å². The first kappa shape index (κ1) is 17.2. The summed E-state index contributed by atoms with van der Waals surface area (Å²) < 4.78 is 0. The molecule has 124 valence electrons. The third-order valence-corrected chi connectivity index (χ3v) is 3.86. The Morgan fingerprint density at radius 1 is 1.22 bits per heavy atom. The largest absolute Gasteiger partial charge is 0.384 e. The van der Waals surface area contributed by atoms with Gasteiger partial charge in [0.15, 0.2) is 0 Å². The summed E-state index contributed by atoms with van der Waals surface area (Å²) in [5.41, 5.74) is 13.9. The molecule has 5 N–H and O–H groups in total. The van der Waals surface area contributed by atoms with E-state index in [1.54, 1.807) is 12.3 Å². The van der Waals surface area contributed by atoms with Crippen molar-refractivity contribution in [2.75, 3.05) is 17.6 Å². The maximum Gasteiger partial charge on any atom is 0.224 e. The molecule has 23 heavy (non-hydrogen) atoms. The van der Waals surface area contributed by atoms with Crippen molar-refractivity contribution in [3.63, 3.8) is 0 Å². The lowest BCUT2D eigenvalue weighted by atomic mass is 10.2. The molecule has 0 radical (unpaired) electrons. The molecule has 1 heterocycles. The first-order valence-electron chi connectivity index (χ1n) is 8.16. The van der Waals surface area contributed by atoms with Gasteiger partial charge in [0.05, 0.1) is 0 Å². The monoisotopic (exact) mass is 313 g/mol. The Kier molecular flexibility index (Phi) is 6.35. The standard InChI is InChI=1S/C10H17N5.C8H10/c11-8-6-7(8)2-1-4-13-10-14-5-3-9(12)15-10;1-7-4-3-5-8(2)6-7/h3,5,7-8H,1-2,4,6,11H2,(H3,12,13,14,15);3-6H,1-2H3. The summed E-state index contributed by atoms with van der Waals surface area (Å²) in [6.45, 7) is 5.09. The van der Waals surface area contributed by atoms with Crippen LogP contribution in [-0.2, 0) is 0 Å². The average molecular weight is 313 g/mol. The van der Waals surface area contributed by atoms with Gasteiger partial charge in [-0.2, -0.15) is 4.98 Å². The number of benzene rings is 1. The Balaban J connectivity index is 0.000000203. The minimum Gasteiger partial charge on any atom is -0.384 e. The third-order valence-electron chi connectivity index (χ3n) is 3.86. The Labute approximate surface area is 138 Å². The van der Waals surface area contributed by atoms with Crippen LogP contribution in [0.3, 0.4) is 0 Å². The smallest absolute Gasteiger partial charge is 0.224 e. The molecular formula is C18H27N5. The molecule has 1 saturated carbocycles. The van der Waals surface area contributed by atoms with E-state index in [-0.39, 0.29) is 0 Å². The summed E-state index contributed by atoms with van der Waals surface area (Å²) in [5, 5.41) is 3.14. The van der Waals surface area contributed by atoms with Gasteiger partial charge < -0.3 is 16.8 Å². The Bertz CT molecular complexity index is 597. The van der Waals surface area contributed by atoms with Gasteiger partial charge in [-0.25, -0.2) is 4.98 Å². The van der Waals surface area contributed by atoms with Crippen molar-refractivity contribution in [2.45, 2.75) is 39.2 Å². The van der Waals surface area contributed by atoms with Crippen LogP contribution in [0.5, 0.6) is 0 Å². The zero-order valence-corrected chi connectivity index (χ0v) is 14.0. The number of nitrogens with one attached hydrogen (secondary N) is 1. The number of nitrogens with two attached hydrogens (primary N) is 2. The second-order valence-electron chi connectivity index (χ2n) is 6.19. The van der Waals surface area contributed by atoms with Crippen LogP contribution in [0.1, 0.15) is 30.4 Å². The van der Waals surface area contributed by atoms with Crippen LogP contribution in [0.4, 0.5) is 11.8 Å². The van der Waals surface area contributed by atoms with Gasteiger partial charge in [-0.1, -0.05) is 35.4 Å². The fourth-order valence-electron chi connectivity index (χ4n) is 2.43. The van der Waals surface area contributed by atoms with E-state index in [2.05, 4.69) is 53.4 Å². The van der Waals surface area contributed by atoms with Gasteiger partial charge in [-0.15, -0.1) is 0 Å². The van der Waals surface area contributed by atoms with Gasteiger partial charge in [0.25, 0.3) is 0 Å². The highest BCUT2D eigenvalue weighted by Gasteiger charge is 2.32. The van der Waals surface area contributed by atoms with Crippen LogP contribution in [-0.4, -0.2) is 22.6 Å². The topological polar surface area (TPSA) is 89.8 Å². The third kappa shape index (κ3) is 6.65. The number of hydrogen-bond acceptors (Lipinski definition) is 5. The summed E-state index contributed by atoms with van der Waals surface area (Å²) >= 11 is 0. The molecule has 1 fully saturated rings. The predicted molar refractivity (Wildman–Crippen MR) is 96.2 cm³/mol. The van der Waals surface area contributed by atoms with E-state index >= 15 is 0 Å². The van der Waals surface area contributed by atoms with Crippen molar-refractivity contribution in [2.24, 2.45) is 11.7 Å². The molecule has 0 saturated heterocycles. The number of nitrogen functional groups attached to an aromatic ring is 1. The van der Waals surface area contributed by atoms with Crippen LogP contribution in [0, 0.1) is 19.8 Å². The van der Waals surface area contributed by atoms with E-state index in [9.17, 15) is 0 Å². The maximum absolute atomic E-state index is 5.72. The van der Waals surface area contributed by atoms with Gasteiger partial charge in [0, 0.05) is 18.8 Å². The molecule has 2 unspecified atom stereocenters. The number of aryl methyl sites for hydroxylation is 2. The molecule has 3 rings (SSSR count). The van der Waals surface area contributed by atoms with Crippen molar-refractivity contribution >= 4 is 11.8 Å². The predicted octanol–water partition coefficient (Wildman–Crippen LogP) is 2.90. The van der Waals surface area contributed by atoms with Crippen LogP contribution in [0.25, 0.3) is 0 Å². The lowest BCUT2D eigenvalue weighted by molar-refractivity contribution is 0.665. The normalized spacial score (nSPS) is 18.7. The fourth-order valence-corrected chi connectivity index (χ4v) is 2.43. The Hall–Kier alpha value is -2.14. The van der Waals surface area contributed by atoms with Gasteiger partial charge in [0.2, 0.25) is 5.95 Å². The first-order chi connectivity index (χ1) is 11.0. The van der Waals surface area contributed by atoms with E-state index in [1.165, 1.54) is 24.0 Å². The minimum atomic E-state index is 0.452. The number of anilines is 2. The van der Waals surface area contributed by atoms with Crippen LogP contribution >= 0.6 is 0 Å². The second kappa shape index (κ2) is 8.48. The number of nitrogens with zero attached hydrogens (tertiary/aromatic N) is 2. The van der Waals surface area contributed by atoms with Crippen molar-refractivity contribution in [3.05, 3.63) is 47.7 Å². The fraction of sp³-hybridized carbons (Fsp3) is 0.444. The van der Waals surface area contributed by atoms with Crippen molar-refractivity contribution in [1.29, 1.82) is 0 Å². The summed E-state index contributed by atoms with van der Waals surface area (Å²) in [6.07, 6.45) is 5.14. The molecule has 1 aliphatic rings. The van der Waals surface area contributed by atoms with E-state index in [4.69, 9.17) is 11.5 Å². The lowest BCUT2D eigenvalue weighted by Gasteiger charge is -2.04. The molecule has 2 atom stereocenters. The molecule has 1 aromatic carbocycles. The van der Waals surface area contributed by atoms with E-state index < -0.39 is 0 Å². The molecule has 5 heteroatoms. The van der Waals surface area contributed by atoms with E-state index in [0.29, 0.717) is 17.8 Å². The molecule has 0 spiro atoms. The van der Waals surface area contributed by atoms with Crippen molar-refractivity contribution in [3.8, 4) is 0 Å². The summed E-state index contributed by atoms with van der Waals surface area (Å²) in [7, 11) is 0. The van der Waals surface area contributed by atoms with E-state index in [0.717, 1.165) is 18.9 Å². The molecule has 1 aliphatic carbocycles. The molecule has 0 amide bonds. The molecule has 1 aromatic heterocycles. The number of rotatable bonds is 5. The molecular weight excluding hydrogens is 286 g/mol. The summed E-state index contributed by atoms with van der Waals surface area (Å²) in [5.74, 6) is 1.85. The number of hydrogen-bond donors (Lipinski definition) is 3. The lowest BCUT2D eigenvalue weighted by Crippen LogP contribution is -2.08. The maximum atomic E-state index is 5.72. The van der Waals surface area contributed by atoms with Gasteiger partial charge in [-0.3, -0.25) is 0 Å². The number of aromatic nitrogens is 2. The molecule has 0 aliphatic heterocycles. The SMILES string of the molecule is Cc1cccc(C)c1.Nc1ccnc(NCCCC2CC2N)n1. The van der Waals surface area contributed by atoms with Crippen LogP contribution in [0.15, 0.2) is 36.5 Å². The van der Waals surface area contributed by atoms with Crippen LogP contribution in [0.2, 0.25) is 0 Å². The zero-order valence-electron chi connectivity index (χ0n) is 14.0. The van der Waals surface area contributed by atoms with Crippen LogP contribution < -0.4 is 16.8 Å². The second-order valence-corrected chi connectivity index (χ2v) is 6.19. The highest BCUT2D eigenvalue weighted by atomic mass is 15.1. The Morgan fingerprint density at radius 3 is 2.43 bits per heavy atom. The van der Waals surface area contributed by atoms with Gasteiger partial charge in [0.1, 0.15) is 5.82 Å². The molecule has 2 aromatic rings. The van der Waals surface area contributed by atoms with E-state index in [1.807, 2.05) is 0 Å².